The van der Waals surface area contributed by atoms with Crippen LogP contribution in [0.1, 0.15) is 66.2 Å². The molecule has 27 unspecified atom stereocenters. The topological polar surface area (TPSA) is 62.1 Å². The molecule has 0 aromatic heterocycles. The summed E-state index contributed by atoms with van der Waals surface area (Å²) in [5.41, 5.74) is 15.7. The Morgan fingerprint density at radius 3 is 2.24 bits per heavy atom. The van der Waals surface area contributed by atoms with Crippen molar-refractivity contribution in [2.75, 3.05) is 7.05 Å². The molecule has 0 heterocycles. The van der Waals surface area contributed by atoms with Gasteiger partial charge in [0.15, 0.2) is 0 Å². The molecule has 0 radical (unpaired) electrons. The maximum Gasteiger partial charge on any atom is 0.0451 e. The molecule has 4 nitrogen and oxygen atoms in total. The number of nitrogens with one attached hydrogen (secondary N) is 3. The van der Waals surface area contributed by atoms with Crippen LogP contribution in [0.4, 0.5) is 0 Å². The van der Waals surface area contributed by atoms with Gasteiger partial charge in [0.25, 0.3) is 0 Å². The van der Waals surface area contributed by atoms with Gasteiger partial charge in [-0.2, -0.15) is 0 Å². The van der Waals surface area contributed by atoms with Crippen LogP contribution in [0.25, 0.3) is 0 Å². The van der Waals surface area contributed by atoms with E-state index < -0.39 is 0 Å². The number of rotatable bonds is 3. The van der Waals surface area contributed by atoms with Crippen LogP contribution >= 0.6 is 0 Å². The highest BCUT2D eigenvalue weighted by Crippen LogP contribution is 3.08. The first-order valence-electron chi connectivity index (χ1n) is 19.1. The molecule has 4 heteroatoms. The van der Waals surface area contributed by atoms with Crippen molar-refractivity contribution in [1.29, 1.82) is 0 Å². The van der Waals surface area contributed by atoms with Gasteiger partial charge in [0.1, 0.15) is 0 Å². The van der Waals surface area contributed by atoms with Crippen LogP contribution in [0.2, 0.25) is 0 Å². The van der Waals surface area contributed by atoms with E-state index in [2.05, 4.69) is 51.0 Å². The van der Waals surface area contributed by atoms with E-state index in [1.165, 1.54) is 0 Å². The lowest BCUT2D eigenvalue weighted by atomic mass is 9.16. The smallest absolute Gasteiger partial charge is 0.0451 e. The number of hydrogen-bond donors (Lipinski definition) is 4. The molecule has 3 spiro atoms. The summed E-state index contributed by atoms with van der Waals surface area (Å²) in [7, 11) is 2.13. The fourth-order valence-corrected chi connectivity index (χ4v) is 25.2. The number of hydrazine groups is 2. The minimum atomic E-state index is 0.302. The molecule has 0 amide bonds. The van der Waals surface area contributed by atoms with Gasteiger partial charge in [-0.1, -0.05) is 27.7 Å². The lowest BCUT2D eigenvalue weighted by Gasteiger charge is -2.89. The highest BCUT2D eigenvalue weighted by Gasteiger charge is 3.07. The Hall–Kier alpha value is -0.160. The maximum atomic E-state index is 7.11. The van der Waals surface area contributed by atoms with Crippen LogP contribution in [-0.2, 0) is 0 Å². The van der Waals surface area contributed by atoms with Crippen LogP contribution in [0.15, 0.2) is 0 Å². The van der Waals surface area contributed by atoms with E-state index in [1.807, 2.05) is 0 Å². The normalized spacial score (nSPS) is 88.1. The van der Waals surface area contributed by atoms with Crippen molar-refractivity contribution in [3.8, 4) is 0 Å². The van der Waals surface area contributed by atoms with Crippen LogP contribution in [0, 0.1) is 145 Å². The summed E-state index contributed by atoms with van der Waals surface area (Å²) in [5, 5.41) is 0. The highest BCUT2D eigenvalue weighted by atomic mass is 15.4. The first-order valence-corrected chi connectivity index (χ1v) is 19.1. The third-order valence-electron chi connectivity index (χ3n) is 24.0. The first kappa shape index (κ1) is 22.4. The van der Waals surface area contributed by atoms with E-state index in [4.69, 9.17) is 5.84 Å². The first-order chi connectivity index (χ1) is 20.2. The molecule has 0 aromatic rings. The number of hydrogen-bond acceptors (Lipinski definition) is 4. The van der Waals surface area contributed by atoms with E-state index in [0.29, 0.717) is 27.2 Å². The highest BCUT2D eigenvalue weighted by molar-refractivity contribution is 5.55. The summed E-state index contributed by atoms with van der Waals surface area (Å²) in [5.74, 6) is 26.4. The van der Waals surface area contributed by atoms with Crippen molar-refractivity contribution in [1.82, 2.24) is 16.3 Å². The number of nitrogens with two attached hydrogens (primary N) is 1. The summed E-state index contributed by atoms with van der Waals surface area (Å²) in [4.78, 5) is 0. The molecule has 15 aliphatic carbocycles. The largest absolute Gasteiger partial charge is 0.271 e. The van der Waals surface area contributed by atoms with Gasteiger partial charge in [-0.05, 0) is 191 Å². The Morgan fingerprint density at radius 2 is 1.48 bits per heavy atom. The Balaban J connectivity index is 0.906. The average molecular weight is 565 g/mol. The molecule has 0 aromatic carbocycles. The van der Waals surface area contributed by atoms with Crippen molar-refractivity contribution in [2.24, 2.45) is 151 Å². The Morgan fingerprint density at radius 1 is 0.690 bits per heavy atom. The predicted octanol–water partition coefficient (Wildman–Crippen LogP) is 4.53. The second-order valence-corrected chi connectivity index (χ2v) is 21.5. The van der Waals surface area contributed by atoms with Gasteiger partial charge in [-0.15, -0.1) is 0 Å². The molecule has 5 N–H and O–H groups in total. The fraction of sp³-hybridized carbons (Fsp3) is 1.00. The summed E-state index contributed by atoms with van der Waals surface area (Å²) in [6.07, 6.45) is 9.52. The molecular formula is C38H52N4. The molecule has 15 rings (SSSR count). The van der Waals surface area contributed by atoms with E-state index in [1.54, 1.807) is 38.5 Å². The predicted molar refractivity (Wildman–Crippen MR) is 157 cm³/mol. The average Bonchev–Trinajstić information content (AvgIpc) is 3.67. The lowest BCUT2D eigenvalue weighted by molar-refractivity contribution is -0.409. The molecule has 15 fully saturated rings. The monoisotopic (exact) mass is 564 g/mol. The minimum Gasteiger partial charge on any atom is -0.271 e. The zero-order valence-electron chi connectivity index (χ0n) is 26.4. The summed E-state index contributed by atoms with van der Waals surface area (Å²) in [6.45, 7) is 11.4. The third kappa shape index (κ3) is 1.27. The molecule has 15 saturated carbocycles. The molecule has 0 saturated heterocycles. The second-order valence-electron chi connectivity index (χ2n) is 21.5. The minimum absolute atomic E-state index is 0.302. The molecule has 0 bridgehead atoms. The molecular weight excluding hydrogens is 512 g/mol. The lowest BCUT2D eigenvalue weighted by Crippen LogP contribution is -2.93. The van der Waals surface area contributed by atoms with Gasteiger partial charge >= 0.3 is 0 Å². The van der Waals surface area contributed by atoms with E-state index in [0.717, 1.165) is 129 Å². The molecule has 224 valence electrons. The number of fused-ring (bicyclic) bond motifs is 12. The second kappa shape index (κ2) is 5.28. The molecule has 27 atom stereocenters. The van der Waals surface area contributed by atoms with E-state index in [-0.39, 0.29) is 0 Å². The Kier molecular flexibility index (Phi) is 2.81. The van der Waals surface area contributed by atoms with Crippen molar-refractivity contribution in [3.05, 3.63) is 0 Å². The zero-order valence-corrected chi connectivity index (χ0v) is 26.4. The van der Waals surface area contributed by atoms with Gasteiger partial charge in [-0.25, -0.2) is 0 Å². The van der Waals surface area contributed by atoms with Crippen LogP contribution in [0.5, 0.6) is 0 Å². The van der Waals surface area contributed by atoms with Crippen molar-refractivity contribution in [3.63, 3.8) is 0 Å². The fourth-order valence-electron chi connectivity index (χ4n) is 25.2. The van der Waals surface area contributed by atoms with Crippen molar-refractivity contribution in [2.45, 2.75) is 77.8 Å². The van der Waals surface area contributed by atoms with E-state index in [9.17, 15) is 0 Å². The molecule has 42 heavy (non-hydrogen) atoms. The zero-order chi connectivity index (χ0) is 27.4. The van der Waals surface area contributed by atoms with Gasteiger partial charge in [0.05, 0.1) is 0 Å². The molecule has 15 aliphatic rings. The van der Waals surface area contributed by atoms with Crippen LogP contribution in [-0.4, -0.2) is 18.6 Å². The maximum absolute atomic E-state index is 7.11. The third-order valence-corrected chi connectivity index (χ3v) is 24.0. The van der Waals surface area contributed by atoms with Crippen LogP contribution < -0.4 is 22.1 Å². The standard InChI is InChI=1S/C38H52N4/c1-12-21-20(24-19-18-23-15(28(18)41-40-5)8-13-9-35(21,24)29(19)32(13,23)2)25-22(12)37-11-14-10-36-17-7-6-16(17)34(36,4)26-27(38(25,37)42-39)31(37)33(14,3)30(26)36/h12-31,40-42H,6-11,39H2,1-5H3. The van der Waals surface area contributed by atoms with Crippen molar-refractivity contribution < 1.29 is 0 Å². The summed E-state index contributed by atoms with van der Waals surface area (Å²) < 4.78 is 0. The van der Waals surface area contributed by atoms with Gasteiger partial charge in [0, 0.05) is 11.6 Å². The van der Waals surface area contributed by atoms with Gasteiger partial charge < -0.3 is 0 Å². The summed E-state index contributed by atoms with van der Waals surface area (Å²) >= 11 is 0. The van der Waals surface area contributed by atoms with Gasteiger partial charge in [-0.3, -0.25) is 22.1 Å². The molecule has 0 aliphatic heterocycles. The van der Waals surface area contributed by atoms with Gasteiger partial charge in [0.2, 0.25) is 0 Å². The van der Waals surface area contributed by atoms with Crippen LogP contribution in [0.3, 0.4) is 0 Å². The Bertz CT molecular complexity index is 1530. The quantitative estimate of drug-likeness (QED) is 0.301. The SMILES string of the molecule is CNNC1C2CC3CC45C6C(C)C7C(C6C4C4C1C2C3(C)C45)C1(NN)C2C3C4C5(C)C(CC46C4CCC4C36C)CC71C25. The van der Waals surface area contributed by atoms with Crippen molar-refractivity contribution >= 4 is 0 Å². The summed E-state index contributed by atoms with van der Waals surface area (Å²) in [6, 6.07) is 0.754. The Labute approximate surface area is 251 Å². The van der Waals surface area contributed by atoms with E-state index >= 15 is 0 Å².